The first-order valence-electron chi connectivity index (χ1n) is 7.45. The number of anilines is 1. The third-order valence-electron chi connectivity index (χ3n) is 3.47. The number of benzene rings is 1. The van der Waals surface area contributed by atoms with Crippen LogP contribution in [0.25, 0.3) is 0 Å². The Morgan fingerprint density at radius 3 is 2.65 bits per heavy atom. The lowest BCUT2D eigenvalue weighted by Gasteiger charge is -2.10. The van der Waals surface area contributed by atoms with E-state index in [1.165, 1.54) is 0 Å². The molecule has 0 fully saturated rings. The van der Waals surface area contributed by atoms with Gasteiger partial charge < -0.3 is 10.6 Å². The summed E-state index contributed by atoms with van der Waals surface area (Å²) in [4.78, 5) is 0. The van der Waals surface area contributed by atoms with Crippen LogP contribution in [0.3, 0.4) is 0 Å². The number of hydrogen-bond acceptors (Lipinski definition) is 2. The van der Waals surface area contributed by atoms with Gasteiger partial charge in [-0.25, -0.2) is 0 Å². The van der Waals surface area contributed by atoms with E-state index in [0.29, 0.717) is 21.7 Å². The van der Waals surface area contributed by atoms with E-state index in [-0.39, 0.29) is 0 Å². The zero-order valence-electron chi connectivity index (χ0n) is 13.4. The van der Waals surface area contributed by atoms with Crippen molar-refractivity contribution in [3.8, 4) is 0 Å². The average molecular weight is 371 g/mol. The van der Waals surface area contributed by atoms with E-state index in [4.69, 9.17) is 35.4 Å². The maximum absolute atomic E-state index is 6.07. The van der Waals surface area contributed by atoms with E-state index in [0.717, 1.165) is 35.6 Å². The maximum Gasteiger partial charge on any atom is 0.170 e. The summed E-state index contributed by atoms with van der Waals surface area (Å²) < 4.78 is 1.93. The zero-order valence-corrected chi connectivity index (χ0v) is 15.7. The highest BCUT2D eigenvalue weighted by atomic mass is 35.5. The Balaban J connectivity index is 2.16. The second-order valence-electron chi connectivity index (χ2n) is 5.33. The van der Waals surface area contributed by atoms with Crippen LogP contribution in [0.15, 0.2) is 18.2 Å². The Labute approximate surface area is 152 Å². The topological polar surface area (TPSA) is 41.9 Å². The molecule has 0 aliphatic heterocycles. The summed E-state index contributed by atoms with van der Waals surface area (Å²) in [5.74, 6) is 0. The number of thiocarbonyl (C=S) groups is 1. The molecule has 0 unspecified atom stereocenters. The monoisotopic (exact) mass is 370 g/mol. The smallest absolute Gasteiger partial charge is 0.170 e. The summed E-state index contributed by atoms with van der Waals surface area (Å²) in [6.45, 7) is 7.55. The molecule has 0 atom stereocenters. The van der Waals surface area contributed by atoms with Gasteiger partial charge in [-0.2, -0.15) is 5.10 Å². The van der Waals surface area contributed by atoms with Crippen molar-refractivity contribution in [3.05, 3.63) is 45.2 Å². The molecule has 0 amide bonds. The molecule has 2 N–H and O–H groups in total. The molecule has 4 nitrogen and oxygen atoms in total. The van der Waals surface area contributed by atoms with Gasteiger partial charge in [0.25, 0.3) is 0 Å². The molecule has 0 spiro atoms. The molecule has 7 heteroatoms. The van der Waals surface area contributed by atoms with Gasteiger partial charge in [-0.05, 0) is 50.2 Å². The van der Waals surface area contributed by atoms with Crippen LogP contribution < -0.4 is 10.6 Å². The molecule has 2 aromatic rings. The molecular weight excluding hydrogens is 351 g/mol. The molecule has 0 aliphatic rings. The molecule has 0 bridgehead atoms. The molecule has 1 aromatic carbocycles. The minimum absolute atomic E-state index is 0.550. The number of nitrogens with zero attached hydrogens (tertiary/aromatic N) is 2. The molecule has 124 valence electrons. The van der Waals surface area contributed by atoms with Gasteiger partial charge in [0.15, 0.2) is 5.11 Å². The van der Waals surface area contributed by atoms with E-state index in [9.17, 15) is 0 Å². The van der Waals surface area contributed by atoms with Crippen LogP contribution in [0.1, 0.15) is 30.3 Å². The predicted molar refractivity (Wildman–Crippen MR) is 102 cm³/mol. The molecule has 1 aromatic heterocycles. The highest BCUT2D eigenvalue weighted by Gasteiger charge is 2.13. The van der Waals surface area contributed by atoms with Gasteiger partial charge in [-0.1, -0.05) is 36.2 Å². The standard InChI is InChI=1S/C16H20Cl2N4S/c1-4-7-19-16(23)20-15-10(2)21-22(11(15)3)9-12-5-6-13(17)14(18)8-12/h5-6,8H,4,7,9H2,1-3H3,(H2,19,20,23). The van der Waals surface area contributed by atoms with Crippen LogP contribution in [-0.2, 0) is 6.54 Å². The first-order chi connectivity index (χ1) is 10.9. The first kappa shape index (κ1) is 18.0. The summed E-state index contributed by atoms with van der Waals surface area (Å²) in [5.41, 5.74) is 3.92. The molecule has 0 saturated heterocycles. The van der Waals surface area contributed by atoms with Gasteiger partial charge in [-0.15, -0.1) is 0 Å². The number of aromatic nitrogens is 2. The van der Waals surface area contributed by atoms with Crippen LogP contribution in [0.2, 0.25) is 10.0 Å². The van der Waals surface area contributed by atoms with E-state index >= 15 is 0 Å². The van der Waals surface area contributed by atoms with Crippen molar-refractivity contribution >= 4 is 46.2 Å². The van der Waals surface area contributed by atoms with Gasteiger partial charge in [0.1, 0.15) is 0 Å². The highest BCUT2D eigenvalue weighted by Crippen LogP contribution is 2.24. The quantitative estimate of drug-likeness (QED) is 0.757. The van der Waals surface area contributed by atoms with Gasteiger partial charge >= 0.3 is 0 Å². The van der Waals surface area contributed by atoms with Crippen molar-refractivity contribution in [1.82, 2.24) is 15.1 Å². The van der Waals surface area contributed by atoms with Crippen LogP contribution in [0.4, 0.5) is 5.69 Å². The average Bonchev–Trinajstić information content (AvgIpc) is 2.76. The van der Waals surface area contributed by atoms with E-state index < -0.39 is 0 Å². The van der Waals surface area contributed by atoms with E-state index in [2.05, 4.69) is 22.7 Å². The van der Waals surface area contributed by atoms with E-state index in [1.807, 2.05) is 30.7 Å². The summed E-state index contributed by atoms with van der Waals surface area (Å²) in [7, 11) is 0. The number of rotatable bonds is 5. The lowest BCUT2D eigenvalue weighted by Crippen LogP contribution is -2.29. The van der Waals surface area contributed by atoms with Gasteiger partial charge in [0.05, 0.1) is 33.7 Å². The number of hydrogen-bond donors (Lipinski definition) is 2. The Morgan fingerprint density at radius 1 is 1.26 bits per heavy atom. The Kier molecular flexibility index (Phi) is 6.27. The zero-order chi connectivity index (χ0) is 17.0. The third-order valence-corrected chi connectivity index (χ3v) is 4.46. The summed E-state index contributed by atoms with van der Waals surface area (Å²) in [5, 5.41) is 12.7. The van der Waals surface area contributed by atoms with Crippen LogP contribution >= 0.6 is 35.4 Å². The predicted octanol–water partition coefficient (Wildman–Crippen LogP) is 4.55. The second kappa shape index (κ2) is 7.99. The molecular formula is C16H20Cl2N4S. The lowest BCUT2D eigenvalue weighted by atomic mass is 10.2. The largest absolute Gasteiger partial charge is 0.362 e. The maximum atomic E-state index is 6.07. The minimum atomic E-state index is 0.550. The van der Waals surface area contributed by atoms with Crippen LogP contribution in [-0.4, -0.2) is 21.4 Å². The highest BCUT2D eigenvalue weighted by molar-refractivity contribution is 7.80. The molecule has 0 radical (unpaired) electrons. The molecule has 0 aliphatic carbocycles. The van der Waals surface area contributed by atoms with Crippen molar-refractivity contribution in [1.29, 1.82) is 0 Å². The molecule has 23 heavy (non-hydrogen) atoms. The fraction of sp³-hybridized carbons (Fsp3) is 0.375. The van der Waals surface area contributed by atoms with Crippen molar-refractivity contribution in [3.63, 3.8) is 0 Å². The van der Waals surface area contributed by atoms with Gasteiger partial charge in [-0.3, -0.25) is 4.68 Å². The molecule has 1 heterocycles. The lowest BCUT2D eigenvalue weighted by molar-refractivity contribution is 0.659. The van der Waals surface area contributed by atoms with Crippen molar-refractivity contribution in [2.75, 3.05) is 11.9 Å². The van der Waals surface area contributed by atoms with E-state index in [1.54, 1.807) is 6.07 Å². The summed E-state index contributed by atoms with van der Waals surface area (Å²) in [6.07, 6.45) is 1.02. The SMILES string of the molecule is CCCNC(=S)Nc1c(C)nn(Cc2ccc(Cl)c(Cl)c2)c1C. The Bertz CT molecular complexity index is 712. The first-order valence-corrected chi connectivity index (χ1v) is 8.61. The van der Waals surface area contributed by atoms with Gasteiger partial charge in [0.2, 0.25) is 0 Å². The van der Waals surface area contributed by atoms with Crippen molar-refractivity contribution < 1.29 is 0 Å². The Morgan fingerprint density at radius 2 is 2.00 bits per heavy atom. The second-order valence-corrected chi connectivity index (χ2v) is 6.56. The number of halogens is 2. The summed E-state index contributed by atoms with van der Waals surface area (Å²) >= 11 is 17.3. The fourth-order valence-corrected chi connectivity index (χ4v) is 2.76. The Hall–Kier alpha value is -1.30. The molecule has 0 saturated carbocycles. The third kappa shape index (κ3) is 4.59. The summed E-state index contributed by atoms with van der Waals surface area (Å²) in [6, 6.07) is 5.61. The van der Waals surface area contributed by atoms with Gasteiger partial charge in [0, 0.05) is 6.54 Å². The van der Waals surface area contributed by atoms with Crippen molar-refractivity contribution in [2.45, 2.75) is 33.7 Å². The fourth-order valence-electron chi connectivity index (χ4n) is 2.24. The molecule has 2 rings (SSSR count). The number of nitrogens with one attached hydrogen (secondary N) is 2. The van der Waals surface area contributed by atoms with Crippen LogP contribution in [0.5, 0.6) is 0 Å². The van der Waals surface area contributed by atoms with Crippen molar-refractivity contribution in [2.24, 2.45) is 0 Å². The normalized spacial score (nSPS) is 10.7. The number of aryl methyl sites for hydroxylation is 1. The minimum Gasteiger partial charge on any atom is -0.362 e. The van der Waals surface area contributed by atoms with Crippen LogP contribution in [0, 0.1) is 13.8 Å².